The summed E-state index contributed by atoms with van der Waals surface area (Å²) in [7, 11) is 0. The molecule has 37 heavy (non-hydrogen) atoms. The van der Waals surface area contributed by atoms with Crippen LogP contribution in [-0.2, 0) is 17.4 Å². The van der Waals surface area contributed by atoms with Gasteiger partial charge in [0.25, 0.3) is 0 Å². The van der Waals surface area contributed by atoms with Crippen molar-refractivity contribution in [2.75, 3.05) is 10.6 Å². The van der Waals surface area contributed by atoms with Gasteiger partial charge in [-0.05, 0) is 54.7 Å². The number of aliphatic hydroxyl groups excluding tert-OH is 1. The van der Waals surface area contributed by atoms with Crippen molar-refractivity contribution in [3.63, 3.8) is 0 Å². The van der Waals surface area contributed by atoms with E-state index in [1.165, 1.54) is 24.5 Å². The van der Waals surface area contributed by atoms with Crippen LogP contribution in [0.3, 0.4) is 0 Å². The van der Waals surface area contributed by atoms with E-state index in [9.17, 15) is 33.0 Å². The number of aryl methyl sites for hydroxylation is 1. The molecule has 0 spiro atoms. The van der Waals surface area contributed by atoms with Crippen LogP contribution in [0.15, 0.2) is 54.9 Å². The average Bonchev–Trinajstić information content (AvgIpc) is 2.85. The fourth-order valence-electron chi connectivity index (χ4n) is 4.67. The van der Waals surface area contributed by atoms with Gasteiger partial charge in [0.15, 0.2) is 5.82 Å². The maximum atomic E-state index is 12.9. The molecule has 4 rings (SSSR count). The maximum Gasteiger partial charge on any atom is 0.416 e. The molecule has 2 atom stereocenters. The lowest BCUT2D eigenvalue weighted by atomic mass is 9.66. The molecular formula is C26H25F3N4O4. The van der Waals surface area contributed by atoms with Crippen molar-refractivity contribution in [1.29, 1.82) is 0 Å². The van der Waals surface area contributed by atoms with E-state index in [4.69, 9.17) is 0 Å². The van der Waals surface area contributed by atoms with Crippen LogP contribution in [0.25, 0.3) is 11.3 Å². The second kappa shape index (κ2) is 10.2. The second-order valence-corrected chi connectivity index (χ2v) is 9.05. The number of amides is 2. The number of anilines is 2. The van der Waals surface area contributed by atoms with Crippen LogP contribution in [0.2, 0.25) is 0 Å². The Bertz CT molecular complexity index is 1310. The number of hydrogen-bond donors (Lipinski definition) is 4. The molecule has 1 aliphatic rings. The fraction of sp³-hybridized carbons (Fsp3) is 0.308. The fourth-order valence-corrected chi connectivity index (χ4v) is 4.67. The first-order chi connectivity index (χ1) is 17.5. The minimum atomic E-state index is -4.53. The van der Waals surface area contributed by atoms with Gasteiger partial charge in [-0.2, -0.15) is 13.2 Å². The Morgan fingerprint density at radius 3 is 2.54 bits per heavy atom. The lowest BCUT2D eigenvalue weighted by Gasteiger charge is -2.41. The van der Waals surface area contributed by atoms with Crippen molar-refractivity contribution >= 4 is 23.5 Å². The van der Waals surface area contributed by atoms with Gasteiger partial charge in [0, 0.05) is 16.7 Å². The van der Waals surface area contributed by atoms with Gasteiger partial charge in [0.1, 0.15) is 0 Å². The summed E-state index contributed by atoms with van der Waals surface area (Å²) in [4.78, 5) is 32.0. The summed E-state index contributed by atoms with van der Waals surface area (Å²) < 4.78 is 38.6. The molecule has 1 heterocycles. The van der Waals surface area contributed by atoms with E-state index in [-0.39, 0.29) is 17.9 Å². The molecule has 1 aromatic heterocycles. The van der Waals surface area contributed by atoms with Gasteiger partial charge in [-0.1, -0.05) is 25.1 Å². The van der Waals surface area contributed by atoms with Crippen molar-refractivity contribution in [2.24, 2.45) is 5.41 Å². The van der Waals surface area contributed by atoms with E-state index in [2.05, 4.69) is 20.6 Å². The largest absolute Gasteiger partial charge is 0.481 e. The number of fused-ring (bicyclic) bond motifs is 1. The van der Waals surface area contributed by atoms with E-state index >= 15 is 0 Å². The molecule has 0 saturated carbocycles. The number of carbonyl (C=O) groups is 2. The number of hydrogen-bond acceptors (Lipinski definition) is 5. The molecule has 194 valence electrons. The molecule has 1 aliphatic carbocycles. The molecule has 0 radical (unpaired) electrons. The first-order valence-electron chi connectivity index (χ1n) is 11.6. The van der Waals surface area contributed by atoms with Crippen LogP contribution < -0.4 is 10.6 Å². The highest BCUT2D eigenvalue weighted by atomic mass is 19.4. The average molecular weight is 515 g/mol. The van der Waals surface area contributed by atoms with Gasteiger partial charge in [-0.15, -0.1) is 0 Å². The highest BCUT2D eigenvalue weighted by Gasteiger charge is 2.42. The summed E-state index contributed by atoms with van der Waals surface area (Å²) in [5.74, 6) is -0.837. The zero-order valence-corrected chi connectivity index (χ0v) is 19.8. The molecule has 2 unspecified atom stereocenters. The first-order valence-corrected chi connectivity index (χ1v) is 11.6. The third kappa shape index (κ3) is 5.72. The predicted molar refractivity (Wildman–Crippen MR) is 130 cm³/mol. The Morgan fingerprint density at radius 1 is 1.11 bits per heavy atom. The van der Waals surface area contributed by atoms with Crippen LogP contribution in [0.5, 0.6) is 0 Å². The summed E-state index contributed by atoms with van der Waals surface area (Å²) in [6, 6.07) is 8.92. The van der Waals surface area contributed by atoms with Gasteiger partial charge in [-0.25, -0.2) is 9.78 Å². The summed E-state index contributed by atoms with van der Waals surface area (Å²) in [6.45, 7) is 1.89. The van der Waals surface area contributed by atoms with E-state index in [1.807, 2.05) is 13.0 Å². The number of aliphatic carboxylic acids is 1. The van der Waals surface area contributed by atoms with Crippen LogP contribution in [0, 0.1) is 5.41 Å². The summed E-state index contributed by atoms with van der Waals surface area (Å²) in [5, 5.41) is 25.0. The van der Waals surface area contributed by atoms with Gasteiger partial charge in [0.2, 0.25) is 0 Å². The molecule has 3 aromatic rings. The van der Waals surface area contributed by atoms with E-state index < -0.39 is 35.3 Å². The monoisotopic (exact) mass is 514 g/mol. The number of aromatic nitrogens is 2. The van der Waals surface area contributed by atoms with Gasteiger partial charge in [-0.3, -0.25) is 15.1 Å². The van der Waals surface area contributed by atoms with Crippen molar-refractivity contribution in [3.8, 4) is 11.3 Å². The first kappa shape index (κ1) is 26.1. The van der Waals surface area contributed by atoms with Crippen molar-refractivity contribution in [3.05, 3.63) is 71.5 Å². The summed E-state index contributed by atoms with van der Waals surface area (Å²) in [6.07, 6.45) is -1.05. The van der Waals surface area contributed by atoms with Crippen molar-refractivity contribution in [1.82, 2.24) is 9.97 Å². The van der Waals surface area contributed by atoms with E-state index in [0.29, 0.717) is 30.5 Å². The number of urea groups is 1. The SMILES string of the molecule is CCC1(CC(=O)O)CCc2cc(-c3cnc(NC(=O)Nc4cccc(C(F)(F)F)c4)cn3)ccc2C1O. The Hall–Kier alpha value is -3.99. The highest BCUT2D eigenvalue weighted by molar-refractivity contribution is 5.99. The molecule has 0 bridgehead atoms. The number of nitrogens with zero attached hydrogens (tertiary/aromatic N) is 2. The number of carboxylic acid groups (broad SMARTS) is 1. The number of benzene rings is 2. The third-order valence-corrected chi connectivity index (χ3v) is 6.75. The minimum absolute atomic E-state index is 0.0244. The van der Waals surface area contributed by atoms with Gasteiger partial charge < -0.3 is 15.5 Å². The number of alkyl halides is 3. The maximum absolute atomic E-state index is 12.9. The summed E-state index contributed by atoms with van der Waals surface area (Å²) >= 11 is 0. The Morgan fingerprint density at radius 2 is 1.89 bits per heavy atom. The molecule has 8 nitrogen and oxygen atoms in total. The lowest BCUT2D eigenvalue weighted by molar-refractivity contribution is -0.143. The normalized spacial score (nSPS) is 19.1. The Labute approximate surface area is 210 Å². The Kier molecular flexibility index (Phi) is 7.17. The molecular weight excluding hydrogens is 489 g/mol. The predicted octanol–water partition coefficient (Wildman–Crippen LogP) is 5.66. The quantitative estimate of drug-likeness (QED) is 0.337. The number of rotatable bonds is 6. The molecule has 2 amide bonds. The standard InChI is InChI=1S/C26H25F3N4O4/c1-2-25(12-22(34)35)9-8-15-10-16(6-7-19(15)23(25)36)20-13-31-21(14-30-20)33-24(37)32-18-5-3-4-17(11-18)26(27,28)29/h3-7,10-11,13-14,23,36H,2,8-9,12H2,1H3,(H,34,35)(H2,31,32,33,37). The number of aliphatic hydroxyl groups is 1. The topological polar surface area (TPSA) is 124 Å². The van der Waals surface area contributed by atoms with Crippen LogP contribution in [0.1, 0.15) is 49.0 Å². The molecule has 0 aliphatic heterocycles. The van der Waals surface area contributed by atoms with E-state index in [0.717, 1.165) is 23.3 Å². The van der Waals surface area contributed by atoms with Crippen LogP contribution in [0.4, 0.5) is 29.5 Å². The van der Waals surface area contributed by atoms with E-state index in [1.54, 1.807) is 12.1 Å². The summed E-state index contributed by atoms with van der Waals surface area (Å²) in [5.41, 5.74) is 1.25. The highest BCUT2D eigenvalue weighted by Crippen LogP contribution is 2.49. The van der Waals surface area contributed by atoms with Crippen LogP contribution in [-0.4, -0.2) is 32.2 Å². The zero-order valence-electron chi connectivity index (χ0n) is 19.8. The van der Waals surface area contributed by atoms with Crippen molar-refractivity contribution < 1.29 is 33.0 Å². The molecule has 2 aromatic carbocycles. The molecule has 0 fully saturated rings. The zero-order chi connectivity index (χ0) is 26.8. The smallest absolute Gasteiger partial charge is 0.416 e. The van der Waals surface area contributed by atoms with Gasteiger partial charge in [0.05, 0.1) is 36.2 Å². The lowest BCUT2D eigenvalue weighted by Crippen LogP contribution is -2.35. The second-order valence-electron chi connectivity index (χ2n) is 9.05. The minimum Gasteiger partial charge on any atom is -0.481 e. The van der Waals surface area contributed by atoms with Crippen molar-refractivity contribution in [2.45, 2.75) is 44.9 Å². The third-order valence-electron chi connectivity index (χ3n) is 6.75. The molecule has 0 saturated heterocycles. The number of carboxylic acids is 1. The molecule has 4 N–H and O–H groups in total. The number of carbonyl (C=O) groups excluding carboxylic acids is 1. The van der Waals surface area contributed by atoms with Gasteiger partial charge >= 0.3 is 18.2 Å². The molecule has 11 heteroatoms. The number of nitrogens with one attached hydrogen (secondary N) is 2. The van der Waals surface area contributed by atoms with Crippen LogP contribution >= 0.6 is 0 Å². The number of halogens is 3. The Balaban J connectivity index is 1.44.